The number of nitrogens with one attached hydrogen (secondary N) is 1. The Hall–Kier alpha value is -1.72. The van der Waals surface area contributed by atoms with Crippen molar-refractivity contribution in [3.8, 4) is 5.88 Å². The predicted octanol–water partition coefficient (Wildman–Crippen LogP) is 2.78. The molecule has 20 heavy (non-hydrogen) atoms. The zero-order valence-electron chi connectivity index (χ0n) is 11.2. The van der Waals surface area contributed by atoms with E-state index in [0.29, 0.717) is 17.3 Å². The Bertz CT molecular complexity index is 594. The highest BCUT2D eigenvalue weighted by Crippen LogP contribution is 2.26. The molecule has 1 unspecified atom stereocenters. The van der Waals surface area contributed by atoms with E-state index in [1.807, 2.05) is 7.05 Å². The Balaban J connectivity index is 2.23. The van der Waals surface area contributed by atoms with Crippen molar-refractivity contribution in [1.29, 1.82) is 0 Å². The van der Waals surface area contributed by atoms with Gasteiger partial charge < -0.3 is 10.1 Å². The fourth-order valence-electron chi connectivity index (χ4n) is 1.96. The van der Waals surface area contributed by atoms with Crippen molar-refractivity contribution in [2.45, 2.75) is 12.5 Å². The second-order valence-electron chi connectivity index (χ2n) is 4.26. The number of hydrogen-bond donors (Lipinski definition) is 1. The molecule has 0 aliphatic carbocycles. The molecule has 6 heteroatoms. The van der Waals surface area contributed by atoms with E-state index in [1.54, 1.807) is 19.2 Å². The van der Waals surface area contributed by atoms with Crippen LogP contribution >= 0.6 is 11.6 Å². The van der Waals surface area contributed by atoms with Crippen LogP contribution in [0.2, 0.25) is 5.02 Å². The van der Waals surface area contributed by atoms with Crippen LogP contribution < -0.4 is 10.1 Å². The molecule has 1 heterocycles. The SMILES string of the molecule is CNC(Cc1cc(OC)ncn1)c1ccc(F)cc1Cl. The van der Waals surface area contributed by atoms with Gasteiger partial charge in [0.15, 0.2) is 0 Å². The zero-order valence-corrected chi connectivity index (χ0v) is 12.0. The second kappa shape index (κ2) is 6.63. The number of ether oxygens (including phenoxy) is 1. The molecular weight excluding hydrogens is 281 g/mol. The predicted molar refractivity (Wildman–Crippen MR) is 75.5 cm³/mol. The van der Waals surface area contributed by atoms with E-state index in [9.17, 15) is 4.39 Å². The van der Waals surface area contributed by atoms with Gasteiger partial charge in [-0.2, -0.15) is 0 Å². The topological polar surface area (TPSA) is 47.0 Å². The number of rotatable bonds is 5. The summed E-state index contributed by atoms with van der Waals surface area (Å²) in [5, 5.41) is 3.55. The molecule has 0 spiro atoms. The van der Waals surface area contributed by atoms with Crippen LogP contribution in [0.25, 0.3) is 0 Å². The third kappa shape index (κ3) is 3.43. The number of aromatic nitrogens is 2. The van der Waals surface area contributed by atoms with Gasteiger partial charge in [0.2, 0.25) is 5.88 Å². The maximum absolute atomic E-state index is 13.1. The minimum Gasteiger partial charge on any atom is -0.481 e. The summed E-state index contributed by atoms with van der Waals surface area (Å²) < 4.78 is 18.2. The first kappa shape index (κ1) is 14.7. The van der Waals surface area contributed by atoms with Gasteiger partial charge in [-0.05, 0) is 24.7 Å². The van der Waals surface area contributed by atoms with Crippen molar-refractivity contribution in [1.82, 2.24) is 15.3 Å². The minimum absolute atomic E-state index is 0.0669. The van der Waals surface area contributed by atoms with Gasteiger partial charge in [0.25, 0.3) is 0 Å². The zero-order chi connectivity index (χ0) is 14.5. The number of hydrogen-bond acceptors (Lipinski definition) is 4. The summed E-state index contributed by atoms with van der Waals surface area (Å²) >= 11 is 6.09. The van der Waals surface area contributed by atoms with E-state index in [4.69, 9.17) is 16.3 Å². The van der Waals surface area contributed by atoms with Gasteiger partial charge in [0.1, 0.15) is 12.1 Å². The summed E-state index contributed by atoms with van der Waals surface area (Å²) in [7, 11) is 3.38. The summed E-state index contributed by atoms with van der Waals surface area (Å²) in [5.74, 6) is 0.160. The molecule has 1 aromatic heterocycles. The van der Waals surface area contributed by atoms with Crippen molar-refractivity contribution >= 4 is 11.6 Å². The average Bonchev–Trinajstić information content (AvgIpc) is 2.45. The maximum atomic E-state index is 13.1. The monoisotopic (exact) mass is 295 g/mol. The number of benzene rings is 1. The lowest BCUT2D eigenvalue weighted by Gasteiger charge is -2.17. The van der Waals surface area contributed by atoms with Crippen molar-refractivity contribution in [3.05, 3.63) is 52.7 Å². The van der Waals surface area contributed by atoms with Gasteiger partial charge in [-0.25, -0.2) is 14.4 Å². The van der Waals surface area contributed by atoms with Crippen LogP contribution in [-0.2, 0) is 6.42 Å². The smallest absolute Gasteiger partial charge is 0.216 e. The molecule has 0 aliphatic heterocycles. The highest BCUT2D eigenvalue weighted by Gasteiger charge is 2.15. The van der Waals surface area contributed by atoms with Gasteiger partial charge in [-0.1, -0.05) is 17.7 Å². The Morgan fingerprint density at radius 3 is 2.80 bits per heavy atom. The number of methoxy groups -OCH3 is 1. The summed E-state index contributed by atoms with van der Waals surface area (Å²) in [6, 6.07) is 6.08. The fraction of sp³-hybridized carbons (Fsp3) is 0.286. The molecule has 0 fully saturated rings. The Morgan fingerprint density at radius 2 is 2.15 bits per heavy atom. The quantitative estimate of drug-likeness (QED) is 0.921. The lowest BCUT2D eigenvalue weighted by atomic mass is 10.0. The summed E-state index contributed by atoms with van der Waals surface area (Å²) in [5.41, 5.74) is 1.64. The Labute approximate surface area is 122 Å². The van der Waals surface area contributed by atoms with E-state index in [0.717, 1.165) is 11.3 Å². The Morgan fingerprint density at radius 1 is 1.35 bits per heavy atom. The molecular formula is C14H15ClFN3O. The molecule has 1 atom stereocenters. The molecule has 0 bridgehead atoms. The van der Waals surface area contributed by atoms with Gasteiger partial charge in [-0.3, -0.25) is 0 Å². The van der Waals surface area contributed by atoms with Gasteiger partial charge in [-0.15, -0.1) is 0 Å². The molecule has 0 saturated heterocycles. The van der Waals surface area contributed by atoms with Gasteiger partial charge >= 0.3 is 0 Å². The normalized spacial score (nSPS) is 12.2. The van der Waals surface area contributed by atoms with E-state index in [1.165, 1.54) is 18.5 Å². The number of nitrogens with zero attached hydrogens (tertiary/aromatic N) is 2. The molecule has 0 saturated carbocycles. The molecule has 0 radical (unpaired) electrons. The minimum atomic E-state index is -0.350. The third-order valence-electron chi connectivity index (χ3n) is 3.01. The van der Waals surface area contributed by atoms with Crippen LogP contribution in [0, 0.1) is 5.82 Å². The van der Waals surface area contributed by atoms with Crippen LogP contribution in [0.5, 0.6) is 5.88 Å². The fourth-order valence-corrected chi connectivity index (χ4v) is 2.26. The second-order valence-corrected chi connectivity index (χ2v) is 4.67. The van der Waals surface area contributed by atoms with Gasteiger partial charge in [0.05, 0.1) is 7.11 Å². The first-order chi connectivity index (χ1) is 9.63. The van der Waals surface area contributed by atoms with E-state index >= 15 is 0 Å². The standard InChI is InChI=1S/C14H15ClFN3O/c1-17-13(11-4-3-9(16)5-12(11)15)6-10-7-14(20-2)19-8-18-10/h3-5,7-8,13,17H,6H2,1-2H3. The highest BCUT2D eigenvalue weighted by molar-refractivity contribution is 6.31. The molecule has 2 aromatic rings. The van der Waals surface area contributed by atoms with E-state index in [2.05, 4.69) is 15.3 Å². The molecule has 0 amide bonds. The van der Waals surface area contributed by atoms with Crippen molar-refractivity contribution in [3.63, 3.8) is 0 Å². The maximum Gasteiger partial charge on any atom is 0.216 e. The number of likely N-dealkylation sites (N-methyl/N-ethyl adjacent to an activating group) is 1. The van der Waals surface area contributed by atoms with Crippen LogP contribution in [0.4, 0.5) is 4.39 Å². The molecule has 1 aromatic carbocycles. The van der Waals surface area contributed by atoms with Gasteiger partial charge in [0, 0.05) is 29.2 Å². The van der Waals surface area contributed by atoms with Crippen molar-refractivity contribution in [2.75, 3.05) is 14.2 Å². The highest BCUT2D eigenvalue weighted by atomic mass is 35.5. The number of halogens is 2. The molecule has 0 aliphatic rings. The van der Waals surface area contributed by atoms with Crippen molar-refractivity contribution < 1.29 is 9.13 Å². The first-order valence-electron chi connectivity index (χ1n) is 6.11. The first-order valence-corrected chi connectivity index (χ1v) is 6.49. The van der Waals surface area contributed by atoms with Crippen molar-refractivity contribution in [2.24, 2.45) is 0 Å². The van der Waals surface area contributed by atoms with E-state index in [-0.39, 0.29) is 11.9 Å². The Kier molecular flexibility index (Phi) is 4.87. The van der Waals surface area contributed by atoms with Crippen LogP contribution in [0.3, 0.4) is 0 Å². The van der Waals surface area contributed by atoms with Crippen LogP contribution in [0.1, 0.15) is 17.3 Å². The summed E-state index contributed by atoms with van der Waals surface area (Å²) in [4.78, 5) is 8.16. The van der Waals surface area contributed by atoms with Crippen LogP contribution in [-0.4, -0.2) is 24.1 Å². The van der Waals surface area contributed by atoms with E-state index < -0.39 is 0 Å². The molecule has 4 nitrogen and oxygen atoms in total. The lowest BCUT2D eigenvalue weighted by molar-refractivity contribution is 0.395. The third-order valence-corrected chi connectivity index (χ3v) is 3.33. The average molecular weight is 296 g/mol. The molecule has 1 N–H and O–H groups in total. The lowest BCUT2D eigenvalue weighted by Crippen LogP contribution is -2.20. The summed E-state index contributed by atoms with van der Waals surface area (Å²) in [6.07, 6.45) is 2.05. The largest absolute Gasteiger partial charge is 0.481 e. The summed E-state index contributed by atoms with van der Waals surface area (Å²) in [6.45, 7) is 0. The molecule has 106 valence electrons. The van der Waals surface area contributed by atoms with Crippen LogP contribution in [0.15, 0.2) is 30.6 Å². The molecule has 2 rings (SSSR count).